The highest BCUT2D eigenvalue weighted by Gasteiger charge is 2.28. The van der Waals surface area contributed by atoms with Crippen LogP contribution in [-0.4, -0.2) is 22.9 Å². The molecule has 6 nitrogen and oxygen atoms in total. The van der Waals surface area contributed by atoms with Crippen LogP contribution in [-0.2, 0) is 0 Å². The van der Waals surface area contributed by atoms with Gasteiger partial charge in [0.15, 0.2) is 0 Å². The fourth-order valence-electron chi connectivity index (χ4n) is 2.50. The Kier molecular flexibility index (Phi) is 5.43. The lowest BCUT2D eigenvalue weighted by Gasteiger charge is -2.31. The molecule has 0 aliphatic heterocycles. The monoisotopic (exact) mass is 293 g/mol. The van der Waals surface area contributed by atoms with Gasteiger partial charge in [-0.1, -0.05) is 19.9 Å². The third-order valence-electron chi connectivity index (χ3n) is 3.47. The predicted octanol–water partition coefficient (Wildman–Crippen LogP) is 2.40. The van der Waals surface area contributed by atoms with Gasteiger partial charge in [-0.05, 0) is 32.3 Å². The van der Waals surface area contributed by atoms with Gasteiger partial charge >= 0.3 is 0 Å². The maximum absolute atomic E-state index is 12.4. The van der Waals surface area contributed by atoms with Gasteiger partial charge in [0, 0.05) is 29.3 Å². The normalized spacial score (nSPS) is 13.8. The minimum atomic E-state index is -0.525. The van der Waals surface area contributed by atoms with Gasteiger partial charge in [-0.15, -0.1) is 0 Å². The van der Waals surface area contributed by atoms with Crippen molar-refractivity contribution in [1.82, 2.24) is 5.32 Å². The van der Waals surface area contributed by atoms with Gasteiger partial charge in [-0.2, -0.15) is 0 Å². The smallest absolute Gasteiger partial charge is 0.273 e. The van der Waals surface area contributed by atoms with Gasteiger partial charge < -0.3 is 11.1 Å². The Bertz CT molecular complexity index is 543. The van der Waals surface area contributed by atoms with Crippen molar-refractivity contribution in [2.45, 2.75) is 39.7 Å². The quantitative estimate of drug-likeness (QED) is 0.621. The molecule has 0 aliphatic rings. The first-order chi connectivity index (χ1) is 9.70. The maximum Gasteiger partial charge on any atom is 0.273 e. The van der Waals surface area contributed by atoms with E-state index in [4.69, 9.17) is 5.73 Å². The second-order valence-corrected chi connectivity index (χ2v) is 6.02. The van der Waals surface area contributed by atoms with E-state index < -0.39 is 10.5 Å². The van der Waals surface area contributed by atoms with E-state index in [1.165, 1.54) is 12.1 Å². The molecule has 1 aromatic rings. The highest BCUT2D eigenvalue weighted by molar-refractivity contribution is 5.97. The average molecular weight is 293 g/mol. The number of carbonyl (C=O) groups excluding carboxylic acids is 1. The molecule has 1 atom stereocenters. The van der Waals surface area contributed by atoms with E-state index in [0.29, 0.717) is 23.6 Å². The first kappa shape index (κ1) is 17.1. The number of rotatable bonds is 6. The summed E-state index contributed by atoms with van der Waals surface area (Å²) in [6, 6.07) is 4.49. The van der Waals surface area contributed by atoms with Gasteiger partial charge in [0.2, 0.25) is 0 Å². The molecule has 0 heterocycles. The molecular weight excluding hydrogens is 270 g/mol. The molecule has 0 spiro atoms. The number of nitrogens with one attached hydrogen (secondary N) is 1. The third-order valence-corrected chi connectivity index (χ3v) is 3.47. The number of amides is 1. The number of hydrogen-bond donors (Lipinski definition) is 2. The molecule has 21 heavy (non-hydrogen) atoms. The number of hydrogen-bond acceptors (Lipinski definition) is 4. The molecule has 0 saturated heterocycles. The summed E-state index contributed by atoms with van der Waals surface area (Å²) in [7, 11) is 0. The van der Waals surface area contributed by atoms with Crippen molar-refractivity contribution in [3.8, 4) is 0 Å². The lowest BCUT2D eigenvalue weighted by Crippen LogP contribution is -2.52. The van der Waals surface area contributed by atoms with Crippen LogP contribution in [0.25, 0.3) is 0 Å². The van der Waals surface area contributed by atoms with Gasteiger partial charge in [-0.3, -0.25) is 14.9 Å². The minimum Gasteiger partial charge on any atom is -0.346 e. The zero-order valence-electron chi connectivity index (χ0n) is 13.0. The van der Waals surface area contributed by atoms with Crippen molar-refractivity contribution in [3.05, 3.63) is 39.4 Å². The van der Waals surface area contributed by atoms with Crippen molar-refractivity contribution < 1.29 is 9.72 Å². The van der Waals surface area contributed by atoms with E-state index in [2.05, 4.69) is 19.2 Å². The van der Waals surface area contributed by atoms with Crippen molar-refractivity contribution in [1.29, 1.82) is 0 Å². The van der Waals surface area contributed by atoms with Crippen molar-refractivity contribution >= 4 is 11.6 Å². The predicted molar refractivity (Wildman–Crippen MR) is 82.2 cm³/mol. The largest absolute Gasteiger partial charge is 0.346 e. The maximum atomic E-state index is 12.4. The Labute approximate surface area is 124 Å². The Morgan fingerprint density at radius 3 is 2.57 bits per heavy atom. The summed E-state index contributed by atoms with van der Waals surface area (Å²) < 4.78 is 0. The van der Waals surface area contributed by atoms with E-state index >= 15 is 0 Å². The number of benzene rings is 1. The van der Waals surface area contributed by atoms with Crippen LogP contribution < -0.4 is 11.1 Å². The van der Waals surface area contributed by atoms with E-state index in [1.54, 1.807) is 13.0 Å². The number of nitro benzene ring substituents is 1. The first-order valence-corrected chi connectivity index (χ1v) is 6.97. The molecule has 1 unspecified atom stereocenters. The van der Waals surface area contributed by atoms with Crippen LogP contribution in [0.3, 0.4) is 0 Å². The number of nitro groups is 1. The summed E-state index contributed by atoms with van der Waals surface area (Å²) in [5.41, 5.74) is 5.87. The molecule has 1 amide bonds. The van der Waals surface area contributed by atoms with E-state index in [9.17, 15) is 14.9 Å². The summed E-state index contributed by atoms with van der Waals surface area (Å²) in [5, 5.41) is 13.8. The molecule has 1 rings (SSSR count). The van der Waals surface area contributed by atoms with E-state index in [1.807, 2.05) is 6.92 Å². The summed E-state index contributed by atoms with van der Waals surface area (Å²) in [5.74, 6) is 0.0508. The van der Waals surface area contributed by atoms with Gasteiger partial charge in [0.05, 0.1) is 4.92 Å². The second-order valence-electron chi connectivity index (χ2n) is 6.02. The van der Waals surface area contributed by atoms with Crippen LogP contribution in [0.5, 0.6) is 0 Å². The van der Waals surface area contributed by atoms with Crippen LogP contribution in [0.1, 0.15) is 43.1 Å². The van der Waals surface area contributed by atoms with E-state index in [0.717, 1.165) is 6.42 Å². The van der Waals surface area contributed by atoms with Gasteiger partial charge in [0.1, 0.15) is 0 Å². The molecule has 6 heteroatoms. The molecule has 0 aliphatic carbocycles. The molecular formula is C15H23N3O3. The Morgan fingerprint density at radius 1 is 1.48 bits per heavy atom. The highest BCUT2D eigenvalue weighted by atomic mass is 16.6. The second kappa shape index (κ2) is 6.67. The van der Waals surface area contributed by atoms with Crippen LogP contribution in [0.2, 0.25) is 0 Å². The van der Waals surface area contributed by atoms with Crippen LogP contribution >= 0.6 is 0 Å². The lowest BCUT2D eigenvalue weighted by molar-refractivity contribution is -0.385. The fraction of sp³-hybridized carbons (Fsp3) is 0.533. The fourth-order valence-corrected chi connectivity index (χ4v) is 2.50. The molecule has 0 aromatic heterocycles. The number of nitrogens with zero attached hydrogens (tertiary/aromatic N) is 1. The molecule has 3 N–H and O–H groups in total. The SMILES string of the molecule is Cc1c(C(=O)NC(C)(CN)CC(C)C)cccc1[N+](=O)[O-]. The summed E-state index contributed by atoms with van der Waals surface area (Å²) in [6.45, 7) is 7.88. The highest BCUT2D eigenvalue weighted by Crippen LogP contribution is 2.22. The van der Waals surface area contributed by atoms with Crippen molar-refractivity contribution in [2.24, 2.45) is 11.7 Å². The Balaban J connectivity index is 3.04. The molecule has 0 saturated carbocycles. The number of nitrogens with two attached hydrogens (primary N) is 1. The van der Waals surface area contributed by atoms with Crippen LogP contribution in [0, 0.1) is 23.0 Å². The number of carbonyl (C=O) groups is 1. The van der Waals surface area contributed by atoms with Gasteiger partial charge in [0.25, 0.3) is 11.6 Å². The molecule has 0 bridgehead atoms. The standard InChI is InChI=1S/C15H23N3O3/c1-10(2)8-15(4,9-16)17-14(19)12-6-5-7-13(11(12)3)18(20)21/h5-7,10H,8-9,16H2,1-4H3,(H,17,19). The zero-order chi connectivity index (χ0) is 16.2. The van der Waals surface area contributed by atoms with Crippen LogP contribution in [0.15, 0.2) is 18.2 Å². The minimum absolute atomic E-state index is 0.0547. The van der Waals surface area contributed by atoms with Gasteiger partial charge in [-0.25, -0.2) is 0 Å². The first-order valence-electron chi connectivity index (χ1n) is 6.97. The average Bonchev–Trinajstić information content (AvgIpc) is 2.37. The molecule has 116 valence electrons. The summed E-state index contributed by atoms with van der Waals surface area (Å²) in [6.07, 6.45) is 0.739. The van der Waals surface area contributed by atoms with Crippen LogP contribution in [0.4, 0.5) is 5.69 Å². The van der Waals surface area contributed by atoms with Crippen molar-refractivity contribution in [3.63, 3.8) is 0 Å². The molecule has 1 aromatic carbocycles. The topological polar surface area (TPSA) is 98.3 Å². The summed E-state index contributed by atoms with van der Waals surface area (Å²) in [4.78, 5) is 22.9. The molecule has 0 radical (unpaired) electrons. The third kappa shape index (κ3) is 4.26. The Hall–Kier alpha value is -1.95. The summed E-state index contributed by atoms with van der Waals surface area (Å²) >= 11 is 0. The lowest BCUT2D eigenvalue weighted by atomic mass is 9.90. The molecule has 0 fully saturated rings. The zero-order valence-corrected chi connectivity index (χ0v) is 13.0. The van der Waals surface area contributed by atoms with E-state index in [-0.39, 0.29) is 11.6 Å². The van der Waals surface area contributed by atoms with Crippen molar-refractivity contribution in [2.75, 3.05) is 6.54 Å². The Morgan fingerprint density at radius 2 is 2.10 bits per heavy atom.